The van der Waals surface area contributed by atoms with Crippen molar-refractivity contribution in [2.75, 3.05) is 0 Å². The molecule has 6 heteroatoms. The largest absolute Gasteiger partial charge is 0.465 e. The second-order valence-electron chi connectivity index (χ2n) is 6.33. The average Bonchev–Trinajstić information content (AvgIpc) is 3.13. The van der Waals surface area contributed by atoms with E-state index in [-0.39, 0.29) is 11.5 Å². The predicted molar refractivity (Wildman–Crippen MR) is 101 cm³/mol. The second kappa shape index (κ2) is 6.97. The Morgan fingerprint density at radius 3 is 2.61 bits per heavy atom. The van der Waals surface area contributed by atoms with E-state index in [0.717, 1.165) is 5.76 Å². The third kappa shape index (κ3) is 3.10. The number of rotatable bonds is 3. The van der Waals surface area contributed by atoms with E-state index in [9.17, 15) is 10.1 Å². The molecule has 4 rings (SSSR count). The van der Waals surface area contributed by atoms with Crippen LogP contribution in [0.15, 0.2) is 76.5 Å². The number of hydrogen-bond acceptors (Lipinski definition) is 6. The predicted octanol–water partition coefficient (Wildman–Crippen LogP) is 4.03. The minimum atomic E-state index is -0.485. The van der Waals surface area contributed by atoms with E-state index in [0.29, 0.717) is 28.4 Å². The van der Waals surface area contributed by atoms with Crippen molar-refractivity contribution in [1.82, 2.24) is 0 Å². The smallest absolute Gasteiger partial charge is 0.343 e. The summed E-state index contributed by atoms with van der Waals surface area (Å²) < 4.78 is 16.8. The van der Waals surface area contributed by atoms with E-state index in [1.165, 1.54) is 0 Å². The van der Waals surface area contributed by atoms with Crippen LogP contribution in [0.3, 0.4) is 0 Å². The van der Waals surface area contributed by atoms with E-state index < -0.39 is 11.9 Å². The Morgan fingerprint density at radius 2 is 1.93 bits per heavy atom. The van der Waals surface area contributed by atoms with Gasteiger partial charge in [-0.3, -0.25) is 0 Å². The second-order valence-corrected chi connectivity index (χ2v) is 6.33. The van der Waals surface area contributed by atoms with Gasteiger partial charge in [-0.15, -0.1) is 0 Å². The Hall–Kier alpha value is -3.98. The topological polar surface area (TPSA) is 98.5 Å². The Balaban J connectivity index is 1.70. The molecule has 0 saturated carbocycles. The van der Waals surface area contributed by atoms with E-state index in [1.807, 2.05) is 25.1 Å². The van der Waals surface area contributed by atoms with Gasteiger partial charge >= 0.3 is 5.97 Å². The highest BCUT2D eigenvalue weighted by molar-refractivity contribution is 5.91. The molecule has 0 amide bonds. The standard InChI is InChI=1S/C22H16N2O4/c1-13-7-10-18(26-13)20-16-9-8-15(11-19(16)28-21(24)17(20)12-23)27-22(25)14-5-3-2-4-6-14/h2-11,20H,24H2,1H3. The zero-order valence-electron chi connectivity index (χ0n) is 15.0. The number of ether oxygens (including phenoxy) is 2. The van der Waals surface area contributed by atoms with E-state index in [1.54, 1.807) is 42.5 Å². The number of nitrogens with zero attached hydrogens (tertiary/aromatic N) is 1. The van der Waals surface area contributed by atoms with Crippen molar-refractivity contribution in [1.29, 1.82) is 5.26 Å². The molecule has 0 aliphatic carbocycles. The van der Waals surface area contributed by atoms with Crippen molar-refractivity contribution < 1.29 is 18.7 Å². The number of aryl methyl sites for hydroxylation is 1. The summed E-state index contributed by atoms with van der Waals surface area (Å²) in [4.78, 5) is 12.3. The van der Waals surface area contributed by atoms with Crippen LogP contribution in [0.5, 0.6) is 11.5 Å². The molecule has 1 atom stereocenters. The van der Waals surface area contributed by atoms with Gasteiger partial charge in [0.1, 0.15) is 34.7 Å². The fourth-order valence-electron chi connectivity index (χ4n) is 3.14. The van der Waals surface area contributed by atoms with Crippen LogP contribution in [0.2, 0.25) is 0 Å². The number of nitrogens with two attached hydrogens (primary N) is 1. The van der Waals surface area contributed by atoms with E-state index in [4.69, 9.17) is 19.6 Å². The van der Waals surface area contributed by atoms with Gasteiger partial charge in [0.05, 0.1) is 11.5 Å². The number of nitriles is 1. The molecule has 2 heterocycles. The van der Waals surface area contributed by atoms with Gasteiger partial charge in [0.25, 0.3) is 0 Å². The SMILES string of the molecule is Cc1ccc(C2C(C#N)=C(N)Oc3cc(OC(=O)c4ccccc4)ccc32)o1. The monoisotopic (exact) mass is 372 g/mol. The molecule has 0 bridgehead atoms. The fourth-order valence-corrected chi connectivity index (χ4v) is 3.14. The van der Waals surface area contributed by atoms with Gasteiger partial charge in [0, 0.05) is 11.6 Å². The normalized spacial score (nSPS) is 15.4. The van der Waals surface area contributed by atoms with Crippen molar-refractivity contribution >= 4 is 5.97 Å². The summed E-state index contributed by atoms with van der Waals surface area (Å²) in [7, 11) is 0. The number of esters is 1. The molecule has 2 aromatic carbocycles. The lowest BCUT2D eigenvalue weighted by molar-refractivity contribution is 0.0734. The first-order valence-electron chi connectivity index (χ1n) is 8.62. The quantitative estimate of drug-likeness (QED) is 0.551. The first kappa shape index (κ1) is 17.4. The molecule has 138 valence electrons. The molecule has 3 aromatic rings. The Morgan fingerprint density at radius 1 is 1.14 bits per heavy atom. The van der Waals surface area contributed by atoms with Crippen LogP contribution < -0.4 is 15.2 Å². The van der Waals surface area contributed by atoms with Gasteiger partial charge in [-0.05, 0) is 37.3 Å². The maximum absolute atomic E-state index is 12.3. The number of carbonyl (C=O) groups is 1. The van der Waals surface area contributed by atoms with E-state index in [2.05, 4.69) is 6.07 Å². The summed E-state index contributed by atoms with van der Waals surface area (Å²) in [5.41, 5.74) is 7.39. The third-order valence-electron chi connectivity index (χ3n) is 4.46. The van der Waals surface area contributed by atoms with Crippen molar-refractivity contribution in [3.8, 4) is 17.6 Å². The molecule has 1 aromatic heterocycles. The summed E-state index contributed by atoms with van der Waals surface area (Å²) in [6, 6.07) is 19.4. The first-order valence-corrected chi connectivity index (χ1v) is 8.62. The first-order chi connectivity index (χ1) is 13.6. The maximum atomic E-state index is 12.3. The molecule has 0 fully saturated rings. The zero-order valence-corrected chi connectivity index (χ0v) is 15.0. The minimum absolute atomic E-state index is 0.000545. The Labute approximate surface area is 161 Å². The van der Waals surface area contributed by atoms with Crippen molar-refractivity contribution in [2.24, 2.45) is 5.73 Å². The lowest BCUT2D eigenvalue weighted by Crippen LogP contribution is -2.21. The summed E-state index contributed by atoms with van der Waals surface area (Å²) in [5.74, 6) is 1.09. The van der Waals surface area contributed by atoms with Crippen LogP contribution in [0.1, 0.15) is 33.4 Å². The van der Waals surface area contributed by atoms with Gasteiger partial charge in [0.2, 0.25) is 5.88 Å². The molecule has 0 saturated heterocycles. The summed E-state index contributed by atoms with van der Waals surface area (Å²) in [6.45, 7) is 1.83. The lowest BCUT2D eigenvalue weighted by Gasteiger charge is -2.25. The number of furan rings is 1. The average molecular weight is 372 g/mol. The Kier molecular flexibility index (Phi) is 4.34. The highest BCUT2D eigenvalue weighted by Gasteiger charge is 2.33. The number of fused-ring (bicyclic) bond motifs is 1. The summed E-state index contributed by atoms with van der Waals surface area (Å²) in [5, 5.41) is 9.55. The molecule has 1 aliphatic heterocycles. The van der Waals surface area contributed by atoms with Gasteiger partial charge in [0.15, 0.2) is 0 Å². The van der Waals surface area contributed by atoms with Crippen LogP contribution in [0, 0.1) is 18.3 Å². The zero-order chi connectivity index (χ0) is 19.7. The molecule has 6 nitrogen and oxygen atoms in total. The highest BCUT2D eigenvalue weighted by atomic mass is 16.5. The maximum Gasteiger partial charge on any atom is 0.343 e. The highest BCUT2D eigenvalue weighted by Crippen LogP contribution is 2.43. The molecule has 0 spiro atoms. The number of carbonyl (C=O) groups excluding carboxylic acids is 1. The van der Waals surface area contributed by atoms with Crippen molar-refractivity contribution in [2.45, 2.75) is 12.8 Å². The van der Waals surface area contributed by atoms with Crippen molar-refractivity contribution in [3.05, 3.63) is 94.8 Å². The molecular formula is C22H16N2O4. The third-order valence-corrected chi connectivity index (χ3v) is 4.46. The van der Waals surface area contributed by atoms with Crippen LogP contribution in [0.25, 0.3) is 0 Å². The molecule has 2 N–H and O–H groups in total. The molecular weight excluding hydrogens is 356 g/mol. The fraction of sp³-hybridized carbons (Fsp3) is 0.0909. The van der Waals surface area contributed by atoms with Crippen molar-refractivity contribution in [3.63, 3.8) is 0 Å². The van der Waals surface area contributed by atoms with Gasteiger partial charge in [-0.1, -0.05) is 24.3 Å². The van der Waals surface area contributed by atoms with Crippen LogP contribution >= 0.6 is 0 Å². The number of allylic oxidation sites excluding steroid dienone is 1. The van der Waals surface area contributed by atoms with Gasteiger partial charge < -0.3 is 19.6 Å². The number of hydrogen-bond donors (Lipinski definition) is 1. The van der Waals surface area contributed by atoms with Gasteiger partial charge in [-0.25, -0.2) is 4.79 Å². The molecule has 1 aliphatic rings. The lowest BCUT2D eigenvalue weighted by atomic mass is 9.87. The number of benzene rings is 2. The van der Waals surface area contributed by atoms with Crippen LogP contribution in [-0.4, -0.2) is 5.97 Å². The van der Waals surface area contributed by atoms with E-state index >= 15 is 0 Å². The summed E-state index contributed by atoms with van der Waals surface area (Å²) >= 11 is 0. The molecule has 28 heavy (non-hydrogen) atoms. The van der Waals surface area contributed by atoms with Crippen LogP contribution in [0.4, 0.5) is 0 Å². The minimum Gasteiger partial charge on any atom is -0.465 e. The summed E-state index contributed by atoms with van der Waals surface area (Å²) in [6.07, 6.45) is 0. The Bertz CT molecular complexity index is 1120. The van der Waals surface area contributed by atoms with Crippen LogP contribution in [-0.2, 0) is 0 Å². The van der Waals surface area contributed by atoms with Gasteiger partial charge in [-0.2, -0.15) is 5.26 Å². The molecule has 1 unspecified atom stereocenters. The molecule has 0 radical (unpaired) electrons.